The van der Waals surface area contributed by atoms with E-state index in [2.05, 4.69) is 61.7 Å². The fraction of sp³-hybridized carbons (Fsp3) is 0.476. The van der Waals surface area contributed by atoms with E-state index in [1.165, 1.54) is 16.8 Å². The van der Waals surface area contributed by atoms with E-state index < -0.39 is 0 Å². The van der Waals surface area contributed by atoms with Crippen molar-refractivity contribution in [1.29, 1.82) is 0 Å². The first-order valence-corrected chi connectivity index (χ1v) is 9.49. The second-order valence-electron chi connectivity index (χ2n) is 6.61. The van der Waals surface area contributed by atoms with Crippen molar-refractivity contribution in [1.82, 2.24) is 10.6 Å². The standard InChI is InChI=1S/C21H32N4O2/c1-5-22-21(23-11-7-12-26-16-20-8-6-13-27-20)24-15-18-9-10-19(25(3)4)14-17(18)2/h6,8-10,13-14H,5,7,11-12,15-16H2,1-4H3,(H2,22,23,24). The zero-order valence-corrected chi connectivity index (χ0v) is 16.9. The van der Waals surface area contributed by atoms with Crippen LogP contribution < -0.4 is 15.5 Å². The number of nitrogens with one attached hydrogen (secondary N) is 2. The predicted octanol–water partition coefficient (Wildman–Crippen LogP) is 3.32. The van der Waals surface area contributed by atoms with Gasteiger partial charge in [0.15, 0.2) is 5.96 Å². The van der Waals surface area contributed by atoms with Crippen LogP contribution in [0.15, 0.2) is 46.0 Å². The summed E-state index contributed by atoms with van der Waals surface area (Å²) >= 11 is 0. The minimum Gasteiger partial charge on any atom is -0.467 e. The van der Waals surface area contributed by atoms with Crippen LogP contribution >= 0.6 is 0 Å². The number of furan rings is 1. The molecule has 0 radical (unpaired) electrons. The van der Waals surface area contributed by atoms with Gasteiger partial charge in [0.2, 0.25) is 0 Å². The van der Waals surface area contributed by atoms with Crippen molar-refractivity contribution in [3.05, 3.63) is 53.5 Å². The third-order valence-electron chi connectivity index (χ3n) is 4.18. The molecule has 0 fully saturated rings. The highest BCUT2D eigenvalue weighted by Gasteiger charge is 2.03. The largest absolute Gasteiger partial charge is 0.467 e. The molecule has 2 aromatic rings. The van der Waals surface area contributed by atoms with Crippen molar-refractivity contribution >= 4 is 11.6 Å². The summed E-state index contributed by atoms with van der Waals surface area (Å²) in [5.74, 6) is 1.69. The maximum Gasteiger partial charge on any atom is 0.191 e. The van der Waals surface area contributed by atoms with Gasteiger partial charge in [-0.25, -0.2) is 4.99 Å². The molecule has 6 heteroatoms. The summed E-state index contributed by atoms with van der Waals surface area (Å²) in [6, 6.07) is 10.3. The van der Waals surface area contributed by atoms with E-state index in [1.807, 2.05) is 12.1 Å². The Labute approximate surface area is 162 Å². The van der Waals surface area contributed by atoms with Gasteiger partial charge in [-0.3, -0.25) is 0 Å². The van der Waals surface area contributed by atoms with Gasteiger partial charge in [-0.1, -0.05) is 6.07 Å². The number of aryl methyl sites for hydroxylation is 1. The molecule has 6 nitrogen and oxygen atoms in total. The van der Waals surface area contributed by atoms with E-state index in [-0.39, 0.29) is 0 Å². The Morgan fingerprint density at radius 1 is 1.22 bits per heavy atom. The number of rotatable bonds is 10. The average molecular weight is 373 g/mol. The minimum absolute atomic E-state index is 0.517. The number of hydrogen-bond donors (Lipinski definition) is 2. The average Bonchev–Trinajstić information content (AvgIpc) is 3.16. The molecule has 2 rings (SSSR count). The Morgan fingerprint density at radius 3 is 2.74 bits per heavy atom. The van der Waals surface area contributed by atoms with Crippen LogP contribution in [0.4, 0.5) is 5.69 Å². The van der Waals surface area contributed by atoms with Gasteiger partial charge in [0.1, 0.15) is 12.4 Å². The number of nitrogens with zero attached hydrogens (tertiary/aromatic N) is 2. The van der Waals surface area contributed by atoms with Crippen LogP contribution in [0, 0.1) is 6.92 Å². The van der Waals surface area contributed by atoms with E-state index in [1.54, 1.807) is 6.26 Å². The first kappa shape index (κ1) is 20.8. The van der Waals surface area contributed by atoms with Crippen molar-refractivity contribution in [3.8, 4) is 0 Å². The number of anilines is 1. The van der Waals surface area contributed by atoms with Crippen molar-refractivity contribution in [3.63, 3.8) is 0 Å². The van der Waals surface area contributed by atoms with Gasteiger partial charge in [0.05, 0.1) is 12.8 Å². The Balaban J connectivity index is 1.76. The lowest BCUT2D eigenvalue weighted by atomic mass is 10.1. The van der Waals surface area contributed by atoms with Crippen molar-refractivity contribution in [2.45, 2.75) is 33.4 Å². The normalized spacial score (nSPS) is 11.5. The van der Waals surface area contributed by atoms with Gasteiger partial charge >= 0.3 is 0 Å². The molecular formula is C21H32N4O2. The number of ether oxygens (including phenoxy) is 1. The highest BCUT2D eigenvalue weighted by atomic mass is 16.5. The third kappa shape index (κ3) is 7.35. The second kappa shape index (κ2) is 11.3. The van der Waals surface area contributed by atoms with Gasteiger partial charge in [-0.2, -0.15) is 0 Å². The second-order valence-corrected chi connectivity index (χ2v) is 6.61. The van der Waals surface area contributed by atoms with E-state index in [0.717, 1.165) is 31.2 Å². The summed E-state index contributed by atoms with van der Waals surface area (Å²) in [5, 5.41) is 6.65. The molecule has 0 spiro atoms. The fourth-order valence-electron chi connectivity index (χ4n) is 2.59. The highest BCUT2D eigenvalue weighted by molar-refractivity contribution is 5.79. The zero-order valence-electron chi connectivity index (χ0n) is 16.9. The quantitative estimate of drug-likeness (QED) is 0.381. The monoisotopic (exact) mass is 372 g/mol. The van der Waals surface area contributed by atoms with Gasteiger partial charge < -0.3 is 24.7 Å². The smallest absolute Gasteiger partial charge is 0.191 e. The topological polar surface area (TPSA) is 62.0 Å². The van der Waals surface area contributed by atoms with Crippen LogP contribution in [0.5, 0.6) is 0 Å². The van der Waals surface area contributed by atoms with Gasteiger partial charge in [-0.05, 0) is 55.7 Å². The van der Waals surface area contributed by atoms with Crippen molar-refractivity contribution < 1.29 is 9.15 Å². The summed E-state index contributed by atoms with van der Waals surface area (Å²) in [6.45, 7) is 7.70. The Morgan fingerprint density at radius 2 is 2.07 bits per heavy atom. The van der Waals surface area contributed by atoms with Gasteiger partial charge in [0, 0.05) is 39.5 Å². The number of hydrogen-bond acceptors (Lipinski definition) is 4. The number of guanidine groups is 1. The molecule has 0 aliphatic heterocycles. The first-order chi connectivity index (χ1) is 13.1. The molecule has 1 aromatic carbocycles. The van der Waals surface area contributed by atoms with Crippen LogP contribution in [0.2, 0.25) is 0 Å². The van der Waals surface area contributed by atoms with Crippen LogP contribution in [-0.2, 0) is 17.9 Å². The lowest BCUT2D eigenvalue weighted by Gasteiger charge is -2.15. The first-order valence-electron chi connectivity index (χ1n) is 9.49. The molecule has 1 heterocycles. The summed E-state index contributed by atoms with van der Waals surface area (Å²) in [5.41, 5.74) is 3.70. The summed E-state index contributed by atoms with van der Waals surface area (Å²) in [4.78, 5) is 6.81. The molecule has 27 heavy (non-hydrogen) atoms. The molecule has 0 aliphatic rings. The minimum atomic E-state index is 0.517. The third-order valence-corrected chi connectivity index (χ3v) is 4.18. The van der Waals surface area contributed by atoms with E-state index in [4.69, 9.17) is 14.1 Å². The van der Waals surface area contributed by atoms with Crippen LogP contribution in [-0.4, -0.2) is 39.8 Å². The molecule has 0 atom stereocenters. The van der Waals surface area contributed by atoms with Gasteiger partial charge in [0.25, 0.3) is 0 Å². The molecule has 0 aliphatic carbocycles. The zero-order chi connectivity index (χ0) is 19.5. The van der Waals surface area contributed by atoms with Crippen LogP contribution in [0.1, 0.15) is 30.2 Å². The molecule has 0 bridgehead atoms. The van der Waals surface area contributed by atoms with E-state index in [9.17, 15) is 0 Å². The summed E-state index contributed by atoms with van der Waals surface area (Å²) in [7, 11) is 4.11. The molecule has 0 saturated heterocycles. The predicted molar refractivity (Wildman–Crippen MR) is 111 cm³/mol. The molecule has 0 saturated carbocycles. The molecule has 0 unspecified atom stereocenters. The van der Waals surface area contributed by atoms with Gasteiger partial charge in [-0.15, -0.1) is 0 Å². The Kier molecular flexibility index (Phi) is 8.71. The Bertz CT molecular complexity index is 696. The van der Waals surface area contributed by atoms with E-state index in [0.29, 0.717) is 19.8 Å². The van der Waals surface area contributed by atoms with E-state index >= 15 is 0 Å². The summed E-state index contributed by atoms with van der Waals surface area (Å²) in [6.07, 6.45) is 2.57. The van der Waals surface area contributed by atoms with Crippen LogP contribution in [0.3, 0.4) is 0 Å². The maximum atomic E-state index is 5.60. The number of benzene rings is 1. The van der Waals surface area contributed by atoms with Crippen molar-refractivity contribution in [2.75, 3.05) is 38.7 Å². The molecule has 0 amide bonds. The highest BCUT2D eigenvalue weighted by Crippen LogP contribution is 2.17. The molecule has 148 valence electrons. The molecule has 2 N–H and O–H groups in total. The number of aliphatic imine (C=N–C) groups is 1. The summed E-state index contributed by atoms with van der Waals surface area (Å²) < 4.78 is 10.8. The van der Waals surface area contributed by atoms with Crippen LogP contribution in [0.25, 0.3) is 0 Å². The lowest BCUT2D eigenvalue weighted by molar-refractivity contribution is 0.105. The maximum absolute atomic E-state index is 5.60. The lowest BCUT2D eigenvalue weighted by Crippen LogP contribution is -2.38. The SMILES string of the molecule is CCNC(=NCc1ccc(N(C)C)cc1C)NCCCOCc1ccco1. The molecular weight excluding hydrogens is 340 g/mol. The fourth-order valence-corrected chi connectivity index (χ4v) is 2.59. The molecule has 1 aromatic heterocycles. The Hall–Kier alpha value is -2.47. The van der Waals surface area contributed by atoms with Crippen molar-refractivity contribution in [2.24, 2.45) is 4.99 Å².